The average molecular weight is 492 g/mol. The first-order valence-electron chi connectivity index (χ1n) is 11.2. The van der Waals surface area contributed by atoms with Gasteiger partial charge >= 0.3 is 18.2 Å². The zero-order valence-electron chi connectivity index (χ0n) is 19.9. The molecule has 1 saturated heterocycles. The van der Waals surface area contributed by atoms with Crippen LogP contribution >= 0.6 is 0 Å². The molecule has 1 unspecified atom stereocenters. The third kappa shape index (κ3) is 5.75. The Balaban J connectivity index is 1.76. The SMILES string of the molecule is CCOC(=O)C(CC)Oc1c(C)cc(CN2C(=O)CN(c3ccc(C(F)(F)F)cc3)C2=O)cc1C. The molecule has 1 heterocycles. The molecule has 3 rings (SSSR count). The monoisotopic (exact) mass is 492 g/mol. The van der Waals surface area contributed by atoms with Crippen LogP contribution in [0.5, 0.6) is 5.75 Å². The normalized spacial score (nSPS) is 14.9. The average Bonchev–Trinajstić information content (AvgIpc) is 3.06. The van der Waals surface area contributed by atoms with Gasteiger partial charge in [-0.15, -0.1) is 0 Å². The number of amides is 3. The zero-order chi connectivity index (χ0) is 25.9. The minimum Gasteiger partial charge on any atom is -0.478 e. The van der Waals surface area contributed by atoms with Crippen LogP contribution in [0.1, 0.15) is 42.5 Å². The first-order valence-corrected chi connectivity index (χ1v) is 11.2. The lowest BCUT2D eigenvalue weighted by molar-refractivity contribution is -0.151. The summed E-state index contributed by atoms with van der Waals surface area (Å²) in [5, 5.41) is 0. The Morgan fingerprint density at radius 2 is 1.66 bits per heavy atom. The number of aryl methyl sites for hydroxylation is 2. The molecule has 2 aromatic rings. The molecule has 1 aliphatic rings. The van der Waals surface area contributed by atoms with E-state index in [-0.39, 0.29) is 25.4 Å². The summed E-state index contributed by atoms with van der Waals surface area (Å²) in [6.07, 6.45) is -4.82. The molecule has 188 valence electrons. The number of benzene rings is 2. The summed E-state index contributed by atoms with van der Waals surface area (Å²) in [5.74, 6) is -0.382. The number of carbonyl (C=O) groups is 3. The number of halogens is 3. The van der Waals surface area contributed by atoms with Crippen LogP contribution in [0.4, 0.5) is 23.7 Å². The van der Waals surface area contributed by atoms with Crippen molar-refractivity contribution >= 4 is 23.6 Å². The standard InChI is InChI=1S/C25H27F3N2O5/c1-5-20(23(32)34-6-2)35-22-15(3)11-17(12-16(22)4)13-30-21(31)14-29(24(30)33)19-9-7-18(8-10-19)25(26,27)28/h7-12,20H,5-6,13-14H2,1-4H3. The van der Waals surface area contributed by atoms with Gasteiger partial charge in [-0.3, -0.25) is 14.6 Å². The first-order chi connectivity index (χ1) is 16.5. The Morgan fingerprint density at radius 3 is 2.17 bits per heavy atom. The van der Waals surface area contributed by atoms with E-state index in [4.69, 9.17) is 9.47 Å². The van der Waals surface area contributed by atoms with Crippen LogP contribution in [0.25, 0.3) is 0 Å². The lowest BCUT2D eigenvalue weighted by Gasteiger charge is -2.21. The van der Waals surface area contributed by atoms with Crippen molar-refractivity contribution in [2.24, 2.45) is 0 Å². The van der Waals surface area contributed by atoms with Gasteiger partial charge in [-0.1, -0.05) is 19.1 Å². The van der Waals surface area contributed by atoms with Crippen molar-refractivity contribution in [2.45, 2.75) is 52.9 Å². The second-order valence-corrected chi connectivity index (χ2v) is 8.22. The van der Waals surface area contributed by atoms with Crippen LogP contribution in [-0.4, -0.2) is 42.1 Å². The van der Waals surface area contributed by atoms with Crippen molar-refractivity contribution in [2.75, 3.05) is 18.1 Å². The number of hydrogen-bond acceptors (Lipinski definition) is 5. The van der Waals surface area contributed by atoms with Gasteiger partial charge in [-0.05, 0) is 68.1 Å². The summed E-state index contributed by atoms with van der Waals surface area (Å²) in [5.41, 5.74) is 1.49. The quantitative estimate of drug-likeness (QED) is 0.383. The number of alkyl halides is 3. The summed E-state index contributed by atoms with van der Waals surface area (Å²) in [6.45, 7) is 7.10. The Morgan fingerprint density at radius 1 is 1.06 bits per heavy atom. The van der Waals surface area contributed by atoms with Gasteiger partial charge in [0.1, 0.15) is 12.3 Å². The Kier molecular flexibility index (Phi) is 7.72. The topological polar surface area (TPSA) is 76.2 Å². The number of hydrogen-bond donors (Lipinski definition) is 0. The van der Waals surface area contributed by atoms with Gasteiger partial charge < -0.3 is 9.47 Å². The summed E-state index contributed by atoms with van der Waals surface area (Å²) in [4.78, 5) is 39.8. The minimum atomic E-state index is -4.49. The van der Waals surface area contributed by atoms with Crippen LogP contribution in [0, 0.1) is 13.8 Å². The molecule has 0 radical (unpaired) electrons. The number of carbonyl (C=O) groups excluding carboxylic acids is 3. The number of imide groups is 1. The van der Waals surface area contributed by atoms with Gasteiger partial charge in [0.15, 0.2) is 6.10 Å². The number of urea groups is 1. The molecule has 10 heteroatoms. The number of ether oxygens (including phenoxy) is 2. The lowest BCUT2D eigenvalue weighted by atomic mass is 10.0. The fraction of sp³-hybridized carbons (Fsp3) is 0.400. The van der Waals surface area contributed by atoms with E-state index in [1.807, 2.05) is 6.92 Å². The van der Waals surface area contributed by atoms with Crippen LogP contribution in [0.15, 0.2) is 36.4 Å². The molecule has 0 spiro atoms. The molecule has 7 nitrogen and oxygen atoms in total. The number of nitrogens with zero attached hydrogens (tertiary/aromatic N) is 2. The fourth-order valence-corrected chi connectivity index (χ4v) is 3.90. The van der Waals surface area contributed by atoms with Gasteiger partial charge in [-0.2, -0.15) is 13.2 Å². The predicted molar refractivity (Wildman–Crippen MR) is 122 cm³/mol. The van der Waals surface area contributed by atoms with Crippen molar-refractivity contribution in [3.8, 4) is 5.75 Å². The Labute approximate surface area is 201 Å². The highest BCUT2D eigenvalue weighted by atomic mass is 19.4. The van der Waals surface area contributed by atoms with Crippen LogP contribution in [0.3, 0.4) is 0 Å². The van der Waals surface area contributed by atoms with E-state index in [0.29, 0.717) is 17.7 Å². The van der Waals surface area contributed by atoms with Crippen molar-refractivity contribution in [1.82, 2.24) is 4.90 Å². The molecule has 0 N–H and O–H groups in total. The largest absolute Gasteiger partial charge is 0.478 e. The summed E-state index contributed by atoms with van der Waals surface area (Å²) < 4.78 is 49.4. The zero-order valence-corrected chi connectivity index (χ0v) is 19.9. The highest BCUT2D eigenvalue weighted by Gasteiger charge is 2.37. The maximum atomic E-state index is 12.9. The molecule has 0 saturated carbocycles. The number of anilines is 1. The lowest BCUT2D eigenvalue weighted by Crippen LogP contribution is -2.32. The van der Waals surface area contributed by atoms with Gasteiger partial charge in [0.05, 0.1) is 18.7 Å². The third-order valence-corrected chi connectivity index (χ3v) is 5.60. The third-order valence-electron chi connectivity index (χ3n) is 5.60. The van der Waals surface area contributed by atoms with Gasteiger partial charge in [-0.25, -0.2) is 9.59 Å². The van der Waals surface area contributed by atoms with Crippen LogP contribution in [-0.2, 0) is 27.0 Å². The van der Waals surface area contributed by atoms with E-state index in [1.165, 1.54) is 12.1 Å². The van der Waals surface area contributed by atoms with Gasteiger partial charge in [0.25, 0.3) is 5.91 Å². The van der Waals surface area contributed by atoms with E-state index in [9.17, 15) is 27.6 Å². The molecule has 1 aliphatic heterocycles. The van der Waals surface area contributed by atoms with E-state index in [1.54, 1.807) is 32.9 Å². The number of esters is 1. The second-order valence-electron chi connectivity index (χ2n) is 8.22. The van der Waals surface area contributed by atoms with Gasteiger partial charge in [0.2, 0.25) is 0 Å². The van der Waals surface area contributed by atoms with E-state index < -0.39 is 35.8 Å². The fourth-order valence-electron chi connectivity index (χ4n) is 3.90. The van der Waals surface area contributed by atoms with E-state index in [2.05, 4.69) is 0 Å². The van der Waals surface area contributed by atoms with E-state index in [0.717, 1.165) is 33.1 Å². The summed E-state index contributed by atoms with van der Waals surface area (Å²) in [7, 11) is 0. The van der Waals surface area contributed by atoms with Crippen LogP contribution in [0.2, 0.25) is 0 Å². The summed E-state index contributed by atoms with van der Waals surface area (Å²) in [6, 6.07) is 7.02. The molecule has 2 aromatic carbocycles. The first kappa shape index (κ1) is 26.1. The molecular formula is C25H27F3N2O5. The van der Waals surface area contributed by atoms with E-state index >= 15 is 0 Å². The molecule has 1 atom stereocenters. The second kappa shape index (κ2) is 10.4. The highest BCUT2D eigenvalue weighted by Crippen LogP contribution is 2.32. The van der Waals surface area contributed by atoms with Crippen molar-refractivity contribution in [3.63, 3.8) is 0 Å². The van der Waals surface area contributed by atoms with Crippen molar-refractivity contribution in [1.29, 1.82) is 0 Å². The minimum absolute atomic E-state index is 0.00809. The molecule has 0 aromatic heterocycles. The predicted octanol–water partition coefficient (Wildman–Crippen LogP) is 5.01. The molecule has 35 heavy (non-hydrogen) atoms. The van der Waals surface area contributed by atoms with Crippen molar-refractivity contribution < 1.29 is 37.0 Å². The molecule has 3 amide bonds. The highest BCUT2D eigenvalue weighted by molar-refractivity contribution is 6.12. The van der Waals surface area contributed by atoms with Gasteiger partial charge in [0, 0.05) is 5.69 Å². The maximum absolute atomic E-state index is 12.9. The molecule has 0 bridgehead atoms. The van der Waals surface area contributed by atoms with Crippen LogP contribution < -0.4 is 9.64 Å². The smallest absolute Gasteiger partial charge is 0.416 e. The number of rotatable bonds is 8. The molecular weight excluding hydrogens is 465 g/mol. The maximum Gasteiger partial charge on any atom is 0.416 e. The molecule has 1 fully saturated rings. The Hall–Kier alpha value is -3.56. The van der Waals surface area contributed by atoms with Crippen molar-refractivity contribution in [3.05, 3.63) is 58.7 Å². The Bertz CT molecular complexity index is 1090. The summed E-state index contributed by atoms with van der Waals surface area (Å²) >= 11 is 0. The molecule has 0 aliphatic carbocycles.